The Morgan fingerprint density at radius 1 is 1.38 bits per heavy atom. The molecule has 0 radical (unpaired) electrons. The standard InChI is InChI=1S/C13H14F2N4O2/c1-21-13(20)9-3-4-10(12(15)11(9)14)16-5-2-7-19-8-6-17-18-19/h3-4,6,8,16H,2,5,7H2,1H3. The van der Waals surface area contributed by atoms with Crippen molar-refractivity contribution in [3.63, 3.8) is 0 Å². The number of rotatable bonds is 6. The number of nitrogens with zero attached hydrogens (tertiary/aromatic N) is 3. The van der Waals surface area contributed by atoms with E-state index in [0.29, 0.717) is 19.5 Å². The minimum atomic E-state index is -1.22. The van der Waals surface area contributed by atoms with Crippen LogP contribution >= 0.6 is 0 Å². The third-order valence-electron chi connectivity index (χ3n) is 2.84. The average molecular weight is 296 g/mol. The van der Waals surface area contributed by atoms with Crippen LogP contribution in [0, 0.1) is 11.6 Å². The van der Waals surface area contributed by atoms with Crippen LogP contribution in [0.2, 0.25) is 0 Å². The molecule has 0 atom stereocenters. The van der Waals surface area contributed by atoms with Gasteiger partial charge in [0.25, 0.3) is 0 Å². The smallest absolute Gasteiger partial charge is 0.340 e. The van der Waals surface area contributed by atoms with Crippen LogP contribution in [0.4, 0.5) is 14.5 Å². The number of anilines is 1. The van der Waals surface area contributed by atoms with E-state index >= 15 is 0 Å². The number of carbonyl (C=O) groups excluding carboxylic acids is 1. The average Bonchev–Trinajstić information content (AvgIpc) is 3.00. The van der Waals surface area contributed by atoms with Crippen molar-refractivity contribution >= 4 is 11.7 Å². The molecule has 6 nitrogen and oxygen atoms in total. The van der Waals surface area contributed by atoms with Gasteiger partial charge in [-0.05, 0) is 18.6 Å². The minimum Gasteiger partial charge on any atom is -0.465 e. The number of esters is 1. The molecule has 0 amide bonds. The van der Waals surface area contributed by atoms with Gasteiger partial charge >= 0.3 is 5.97 Å². The normalized spacial score (nSPS) is 10.4. The van der Waals surface area contributed by atoms with Gasteiger partial charge in [0.2, 0.25) is 0 Å². The maximum absolute atomic E-state index is 13.8. The number of aromatic nitrogens is 3. The molecule has 1 heterocycles. The molecule has 0 spiro atoms. The molecule has 0 unspecified atom stereocenters. The van der Waals surface area contributed by atoms with Crippen molar-refractivity contribution in [2.75, 3.05) is 19.0 Å². The van der Waals surface area contributed by atoms with Gasteiger partial charge in [0.1, 0.15) is 0 Å². The second-order valence-electron chi connectivity index (χ2n) is 4.23. The lowest BCUT2D eigenvalue weighted by molar-refractivity contribution is 0.0594. The predicted molar refractivity (Wildman–Crippen MR) is 70.8 cm³/mol. The maximum atomic E-state index is 13.8. The molecule has 2 aromatic rings. The monoisotopic (exact) mass is 296 g/mol. The van der Waals surface area contributed by atoms with Crippen LogP contribution in [0.15, 0.2) is 24.5 Å². The Morgan fingerprint density at radius 2 is 2.19 bits per heavy atom. The van der Waals surface area contributed by atoms with Crippen LogP contribution in [0.25, 0.3) is 0 Å². The van der Waals surface area contributed by atoms with E-state index in [0.717, 1.165) is 7.11 Å². The Hall–Kier alpha value is -2.51. The molecule has 0 aliphatic rings. The molecule has 0 fully saturated rings. The fourth-order valence-electron chi connectivity index (χ4n) is 1.77. The van der Waals surface area contributed by atoms with Crippen molar-refractivity contribution in [2.24, 2.45) is 0 Å². The molecule has 1 aromatic heterocycles. The highest BCUT2D eigenvalue weighted by Gasteiger charge is 2.18. The van der Waals surface area contributed by atoms with Gasteiger partial charge in [-0.25, -0.2) is 13.6 Å². The highest BCUT2D eigenvalue weighted by Crippen LogP contribution is 2.21. The summed E-state index contributed by atoms with van der Waals surface area (Å²) < 4.78 is 33.5. The van der Waals surface area contributed by atoms with Gasteiger partial charge in [0, 0.05) is 19.3 Å². The molecule has 21 heavy (non-hydrogen) atoms. The lowest BCUT2D eigenvalue weighted by Crippen LogP contribution is -2.11. The first-order chi connectivity index (χ1) is 10.1. The molecule has 8 heteroatoms. The minimum absolute atomic E-state index is 0.00116. The van der Waals surface area contributed by atoms with Crippen LogP contribution in [0.5, 0.6) is 0 Å². The first-order valence-corrected chi connectivity index (χ1v) is 6.27. The van der Waals surface area contributed by atoms with Crippen molar-refractivity contribution in [3.05, 3.63) is 41.7 Å². The van der Waals surface area contributed by atoms with Gasteiger partial charge in [0.15, 0.2) is 11.6 Å². The lowest BCUT2D eigenvalue weighted by atomic mass is 10.1. The van der Waals surface area contributed by atoms with Gasteiger partial charge in [-0.2, -0.15) is 0 Å². The number of nitrogens with one attached hydrogen (secondary N) is 1. The topological polar surface area (TPSA) is 69.0 Å². The lowest BCUT2D eigenvalue weighted by Gasteiger charge is -2.09. The van der Waals surface area contributed by atoms with Crippen molar-refractivity contribution in [3.8, 4) is 0 Å². The first kappa shape index (κ1) is 14.9. The Bertz CT molecular complexity index is 617. The zero-order chi connectivity index (χ0) is 15.2. The van der Waals surface area contributed by atoms with Gasteiger partial charge in [-0.1, -0.05) is 5.21 Å². The number of benzene rings is 1. The largest absolute Gasteiger partial charge is 0.465 e. The van der Waals surface area contributed by atoms with Crippen molar-refractivity contribution < 1.29 is 18.3 Å². The molecule has 0 aliphatic heterocycles. The third kappa shape index (κ3) is 3.53. The molecule has 0 saturated heterocycles. The van der Waals surface area contributed by atoms with Crippen molar-refractivity contribution in [2.45, 2.75) is 13.0 Å². The zero-order valence-corrected chi connectivity index (χ0v) is 11.3. The molecule has 1 N–H and O–H groups in total. The Morgan fingerprint density at radius 3 is 2.86 bits per heavy atom. The highest BCUT2D eigenvalue weighted by atomic mass is 19.2. The number of hydrogen-bond donors (Lipinski definition) is 1. The number of hydrogen-bond acceptors (Lipinski definition) is 5. The van der Waals surface area contributed by atoms with E-state index in [1.165, 1.54) is 12.1 Å². The molecular weight excluding hydrogens is 282 g/mol. The van der Waals surface area contributed by atoms with E-state index in [4.69, 9.17) is 0 Å². The summed E-state index contributed by atoms with van der Waals surface area (Å²) in [6.45, 7) is 1.03. The third-order valence-corrected chi connectivity index (χ3v) is 2.84. The number of halogens is 2. The number of aryl methyl sites for hydroxylation is 1. The molecule has 112 valence electrons. The number of carbonyl (C=O) groups is 1. The first-order valence-electron chi connectivity index (χ1n) is 6.27. The predicted octanol–water partition coefficient (Wildman–Crippen LogP) is 1.85. The van der Waals surface area contributed by atoms with Crippen LogP contribution in [-0.4, -0.2) is 34.6 Å². The molecular formula is C13H14F2N4O2. The summed E-state index contributed by atoms with van der Waals surface area (Å²) in [7, 11) is 1.11. The van der Waals surface area contributed by atoms with Crippen LogP contribution in [-0.2, 0) is 11.3 Å². The fraction of sp³-hybridized carbons (Fsp3) is 0.308. The van der Waals surface area contributed by atoms with Crippen LogP contribution < -0.4 is 5.32 Å². The summed E-state index contributed by atoms with van der Waals surface area (Å²) in [5, 5.41) is 10.2. The zero-order valence-electron chi connectivity index (χ0n) is 11.3. The van der Waals surface area contributed by atoms with Gasteiger partial charge < -0.3 is 10.1 Å². The SMILES string of the molecule is COC(=O)c1ccc(NCCCn2ccnn2)c(F)c1F. The van der Waals surface area contributed by atoms with E-state index in [1.807, 2.05) is 0 Å². The molecule has 0 bridgehead atoms. The second kappa shape index (κ2) is 6.78. The van der Waals surface area contributed by atoms with Gasteiger partial charge in [-0.15, -0.1) is 5.10 Å². The second-order valence-corrected chi connectivity index (χ2v) is 4.23. The maximum Gasteiger partial charge on any atom is 0.340 e. The molecule has 1 aromatic carbocycles. The number of ether oxygens (including phenoxy) is 1. The Kier molecular flexibility index (Phi) is 4.81. The van der Waals surface area contributed by atoms with Crippen LogP contribution in [0.3, 0.4) is 0 Å². The fourth-order valence-corrected chi connectivity index (χ4v) is 1.77. The summed E-state index contributed by atoms with van der Waals surface area (Å²) >= 11 is 0. The van der Waals surface area contributed by atoms with E-state index in [-0.39, 0.29) is 5.69 Å². The summed E-state index contributed by atoms with van der Waals surface area (Å²) in [6, 6.07) is 2.49. The van der Waals surface area contributed by atoms with E-state index in [1.54, 1.807) is 17.1 Å². The Balaban J connectivity index is 1.94. The molecule has 2 rings (SSSR count). The summed E-state index contributed by atoms with van der Waals surface area (Å²) in [5.74, 6) is -3.23. The Labute approximate surface area is 119 Å². The van der Waals surface area contributed by atoms with E-state index in [2.05, 4.69) is 20.4 Å². The van der Waals surface area contributed by atoms with Gasteiger partial charge in [-0.3, -0.25) is 4.68 Å². The van der Waals surface area contributed by atoms with Gasteiger partial charge in [0.05, 0.1) is 24.6 Å². The van der Waals surface area contributed by atoms with E-state index < -0.39 is 23.2 Å². The summed E-state index contributed by atoms with van der Waals surface area (Å²) in [4.78, 5) is 11.2. The van der Waals surface area contributed by atoms with Crippen LogP contribution in [0.1, 0.15) is 16.8 Å². The molecule has 0 aliphatic carbocycles. The van der Waals surface area contributed by atoms with E-state index in [9.17, 15) is 13.6 Å². The van der Waals surface area contributed by atoms with Crippen molar-refractivity contribution in [1.82, 2.24) is 15.0 Å². The quantitative estimate of drug-likeness (QED) is 0.651. The summed E-state index contributed by atoms with van der Waals surface area (Å²) in [5.41, 5.74) is -0.429. The van der Waals surface area contributed by atoms with Crippen molar-refractivity contribution in [1.29, 1.82) is 0 Å². The highest BCUT2D eigenvalue weighted by molar-refractivity contribution is 5.90. The number of methoxy groups -OCH3 is 1. The molecule has 0 saturated carbocycles. The summed E-state index contributed by atoms with van der Waals surface area (Å²) in [6.07, 6.45) is 3.93.